The van der Waals surface area contributed by atoms with E-state index in [1.807, 2.05) is 0 Å². The first kappa shape index (κ1) is 9.95. The molecule has 0 unspecified atom stereocenters. The van der Waals surface area contributed by atoms with Crippen molar-refractivity contribution in [2.45, 2.75) is 0 Å². The van der Waals surface area contributed by atoms with E-state index in [-0.39, 0.29) is 11.5 Å². The van der Waals surface area contributed by atoms with E-state index in [2.05, 4.69) is 4.98 Å². The Bertz CT molecular complexity index is 616. The number of hydrogen-bond acceptors (Lipinski definition) is 3. The van der Waals surface area contributed by atoms with Gasteiger partial charge in [0.15, 0.2) is 11.5 Å². The molecule has 0 fully saturated rings. The smallest absolute Gasteiger partial charge is 0.262 e. The minimum atomic E-state index is -1.57. The zero-order valence-corrected chi connectivity index (χ0v) is 8.21. The molecule has 0 aliphatic carbocycles. The Morgan fingerprint density at radius 2 is 1.41 bits per heavy atom. The van der Waals surface area contributed by atoms with E-state index in [0.717, 1.165) is 0 Å². The predicted octanol–water partition coefficient (Wildman–Crippen LogP) is 3.40. The number of ether oxygens (including phenoxy) is 2. The molecule has 0 N–H and O–H groups in total. The number of aromatic nitrogens is 1. The third-order valence-electron chi connectivity index (χ3n) is 2.24. The minimum absolute atomic E-state index is 0.184. The fourth-order valence-electron chi connectivity index (χ4n) is 1.49. The standard InChI is InChI=1S/C11H4F3NO2/c12-7-8-9(11(14)15-10(7)13)17-6-4-2-1-3-5(6)16-8/h1-4H. The van der Waals surface area contributed by atoms with Gasteiger partial charge in [0.05, 0.1) is 0 Å². The molecule has 0 radical (unpaired) electrons. The van der Waals surface area contributed by atoms with Crippen LogP contribution < -0.4 is 9.47 Å². The summed E-state index contributed by atoms with van der Waals surface area (Å²) in [5, 5.41) is 0. The third-order valence-corrected chi connectivity index (χ3v) is 2.24. The van der Waals surface area contributed by atoms with Crippen LogP contribution in [0, 0.1) is 17.7 Å². The zero-order chi connectivity index (χ0) is 12.0. The highest BCUT2D eigenvalue weighted by Crippen LogP contribution is 2.47. The maximum Gasteiger partial charge on any atom is 0.262 e. The van der Waals surface area contributed by atoms with Crippen molar-refractivity contribution in [3.8, 4) is 23.0 Å². The first-order chi connectivity index (χ1) is 8.16. The van der Waals surface area contributed by atoms with Crippen molar-refractivity contribution in [1.29, 1.82) is 0 Å². The molecule has 0 bridgehead atoms. The number of pyridine rings is 1. The SMILES string of the molecule is Fc1nc(F)c2c(c1F)Oc1ccccc1O2. The van der Waals surface area contributed by atoms with Crippen LogP contribution >= 0.6 is 0 Å². The van der Waals surface area contributed by atoms with E-state index in [4.69, 9.17) is 9.47 Å². The Morgan fingerprint density at radius 3 is 2.06 bits per heavy atom. The van der Waals surface area contributed by atoms with Crippen molar-refractivity contribution in [2.24, 2.45) is 0 Å². The predicted molar refractivity (Wildman–Crippen MR) is 50.7 cm³/mol. The summed E-state index contributed by atoms with van der Waals surface area (Å²) in [5.74, 6) is -4.99. The van der Waals surface area contributed by atoms with Gasteiger partial charge >= 0.3 is 0 Å². The van der Waals surface area contributed by atoms with E-state index < -0.39 is 29.2 Å². The van der Waals surface area contributed by atoms with Crippen LogP contribution in [0.25, 0.3) is 0 Å². The van der Waals surface area contributed by atoms with Crippen LogP contribution in [0.3, 0.4) is 0 Å². The van der Waals surface area contributed by atoms with Crippen LogP contribution in [-0.4, -0.2) is 4.98 Å². The summed E-state index contributed by atoms with van der Waals surface area (Å²) < 4.78 is 49.6. The van der Waals surface area contributed by atoms with Crippen LogP contribution in [0.5, 0.6) is 23.0 Å². The van der Waals surface area contributed by atoms with E-state index in [9.17, 15) is 13.2 Å². The summed E-state index contributed by atoms with van der Waals surface area (Å²) in [4.78, 5) is 2.75. The van der Waals surface area contributed by atoms with Crippen molar-refractivity contribution >= 4 is 0 Å². The lowest BCUT2D eigenvalue weighted by molar-refractivity contribution is 0.303. The number of fused-ring (bicyclic) bond motifs is 2. The van der Waals surface area contributed by atoms with Gasteiger partial charge in [-0.3, -0.25) is 0 Å². The minimum Gasteiger partial charge on any atom is -0.446 e. The summed E-state index contributed by atoms with van der Waals surface area (Å²) in [5.41, 5.74) is 0. The van der Waals surface area contributed by atoms with Gasteiger partial charge in [0.2, 0.25) is 17.3 Å². The molecule has 0 atom stereocenters. The van der Waals surface area contributed by atoms with Gasteiger partial charge in [0.1, 0.15) is 0 Å². The topological polar surface area (TPSA) is 31.4 Å². The summed E-state index contributed by atoms with van der Waals surface area (Å²) in [6, 6.07) is 6.27. The Kier molecular flexibility index (Phi) is 1.98. The molecule has 1 aromatic heterocycles. The first-order valence-electron chi connectivity index (χ1n) is 4.66. The molecule has 6 heteroatoms. The van der Waals surface area contributed by atoms with Crippen LogP contribution in [-0.2, 0) is 0 Å². The molecule has 2 aromatic rings. The monoisotopic (exact) mass is 239 g/mol. The quantitative estimate of drug-likeness (QED) is 0.563. The van der Waals surface area contributed by atoms with Crippen molar-refractivity contribution in [1.82, 2.24) is 4.98 Å². The molecule has 1 aromatic carbocycles. The highest BCUT2D eigenvalue weighted by Gasteiger charge is 2.29. The summed E-state index contributed by atoms with van der Waals surface area (Å²) in [7, 11) is 0. The van der Waals surface area contributed by atoms with Gasteiger partial charge in [-0.15, -0.1) is 0 Å². The molecule has 86 valence electrons. The number of rotatable bonds is 0. The summed E-state index contributed by atoms with van der Waals surface area (Å²) >= 11 is 0. The number of hydrogen-bond donors (Lipinski definition) is 0. The number of nitrogens with zero attached hydrogens (tertiary/aromatic N) is 1. The Labute approximate surface area is 93.4 Å². The normalized spacial score (nSPS) is 12.2. The second-order valence-corrected chi connectivity index (χ2v) is 3.32. The van der Waals surface area contributed by atoms with E-state index in [0.29, 0.717) is 0 Å². The first-order valence-corrected chi connectivity index (χ1v) is 4.66. The van der Waals surface area contributed by atoms with E-state index in [1.165, 1.54) is 12.1 Å². The maximum absolute atomic E-state index is 13.3. The maximum atomic E-state index is 13.3. The highest BCUT2D eigenvalue weighted by molar-refractivity contribution is 5.54. The number of benzene rings is 1. The van der Waals surface area contributed by atoms with Gasteiger partial charge in [-0.05, 0) is 12.1 Å². The van der Waals surface area contributed by atoms with Gasteiger partial charge < -0.3 is 9.47 Å². The molecule has 17 heavy (non-hydrogen) atoms. The van der Waals surface area contributed by atoms with Crippen molar-refractivity contribution in [2.75, 3.05) is 0 Å². The Hall–Kier alpha value is -2.24. The average molecular weight is 239 g/mol. The zero-order valence-electron chi connectivity index (χ0n) is 8.21. The number of halogens is 3. The van der Waals surface area contributed by atoms with Gasteiger partial charge in [-0.1, -0.05) is 12.1 Å². The molecule has 0 saturated heterocycles. The highest BCUT2D eigenvalue weighted by atomic mass is 19.2. The Balaban J connectivity index is 2.21. The van der Waals surface area contributed by atoms with Crippen molar-refractivity contribution < 1.29 is 22.6 Å². The molecule has 0 amide bonds. The fraction of sp³-hybridized carbons (Fsp3) is 0. The molecule has 0 spiro atoms. The van der Waals surface area contributed by atoms with Crippen molar-refractivity contribution in [3.05, 3.63) is 42.0 Å². The van der Waals surface area contributed by atoms with Gasteiger partial charge in [0, 0.05) is 0 Å². The van der Waals surface area contributed by atoms with Crippen LogP contribution in [0.2, 0.25) is 0 Å². The third kappa shape index (κ3) is 1.41. The van der Waals surface area contributed by atoms with Crippen LogP contribution in [0.15, 0.2) is 24.3 Å². The molecule has 0 saturated carbocycles. The van der Waals surface area contributed by atoms with Crippen molar-refractivity contribution in [3.63, 3.8) is 0 Å². The average Bonchev–Trinajstić information content (AvgIpc) is 2.34. The van der Waals surface area contributed by atoms with Gasteiger partial charge in [0.25, 0.3) is 11.9 Å². The van der Waals surface area contributed by atoms with Crippen LogP contribution in [0.4, 0.5) is 13.2 Å². The lowest BCUT2D eigenvalue weighted by Crippen LogP contribution is -2.07. The second kappa shape index (κ2) is 3.38. The molecule has 3 rings (SSSR count). The molecule has 2 heterocycles. The number of para-hydroxylation sites is 2. The van der Waals surface area contributed by atoms with E-state index in [1.54, 1.807) is 12.1 Å². The molecule has 3 nitrogen and oxygen atoms in total. The summed E-state index contributed by atoms with van der Waals surface area (Å²) in [6.45, 7) is 0. The lowest BCUT2D eigenvalue weighted by Gasteiger charge is -2.20. The fourth-order valence-corrected chi connectivity index (χ4v) is 1.49. The second-order valence-electron chi connectivity index (χ2n) is 3.32. The molecular weight excluding hydrogens is 235 g/mol. The van der Waals surface area contributed by atoms with Crippen LogP contribution in [0.1, 0.15) is 0 Å². The lowest BCUT2D eigenvalue weighted by atomic mass is 10.3. The largest absolute Gasteiger partial charge is 0.446 e. The van der Waals surface area contributed by atoms with E-state index >= 15 is 0 Å². The summed E-state index contributed by atoms with van der Waals surface area (Å²) in [6.07, 6.45) is 0. The Morgan fingerprint density at radius 1 is 0.824 bits per heavy atom. The van der Waals surface area contributed by atoms with Gasteiger partial charge in [-0.2, -0.15) is 18.2 Å². The molecular formula is C11H4F3NO2. The molecule has 1 aliphatic heterocycles. The molecule has 1 aliphatic rings. The van der Waals surface area contributed by atoms with Gasteiger partial charge in [-0.25, -0.2) is 0 Å².